The minimum atomic E-state index is -0.174. The van der Waals surface area contributed by atoms with Gasteiger partial charge in [0, 0.05) is 0 Å². The fourth-order valence-electron chi connectivity index (χ4n) is 1.90. The third-order valence-electron chi connectivity index (χ3n) is 4.65. The van der Waals surface area contributed by atoms with Gasteiger partial charge in [-0.3, -0.25) is 0 Å². The van der Waals surface area contributed by atoms with Crippen molar-refractivity contribution in [2.24, 2.45) is 0 Å². The number of hydrogen-bond donors (Lipinski definition) is 0. The Labute approximate surface area is 154 Å². The molecule has 148 valence electrons. The summed E-state index contributed by atoms with van der Waals surface area (Å²) < 4.78 is 0. The summed E-state index contributed by atoms with van der Waals surface area (Å²) in [5.41, 5.74) is -0.348. The molecule has 0 aliphatic heterocycles. The fraction of sp³-hybridized carbons (Fsp3) is 1.00. The third-order valence-corrected chi connectivity index (χ3v) is 4.65. The normalized spacial score (nSPS) is 12.0. The molecule has 0 aromatic heterocycles. The van der Waals surface area contributed by atoms with Gasteiger partial charge < -0.3 is 0 Å². The maximum absolute atomic E-state index is 5.33. The lowest BCUT2D eigenvalue weighted by atomic mass is 10.1. The third kappa shape index (κ3) is 20.0. The molecule has 0 spiro atoms. The van der Waals surface area contributed by atoms with Gasteiger partial charge >= 0.3 is 0 Å². The highest BCUT2D eigenvalue weighted by molar-refractivity contribution is 4.66. The number of hydrogen-bond acceptors (Lipinski definition) is 2. The number of unbranched alkanes of at least 4 members (excludes halogenated alkanes) is 9. The molecular weight excluding hydrogens is 296 g/mol. The first-order valence-electron chi connectivity index (χ1n) is 10.6. The maximum Gasteiger partial charge on any atom is 0.0977 e. The van der Waals surface area contributed by atoms with Gasteiger partial charge in [-0.1, -0.05) is 91.9 Å². The molecule has 0 aliphatic rings. The first-order valence-corrected chi connectivity index (χ1v) is 10.6. The van der Waals surface area contributed by atoms with Gasteiger partial charge in [0.15, 0.2) is 0 Å². The second kappa shape index (κ2) is 16.4. The Hall–Kier alpha value is -0.0800. The smallest absolute Gasteiger partial charge is 0.0977 e. The van der Waals surface area contributed by atoms with Crippen LogP contribution in [0.2, 0.25) is 0 Å². The summed E-state index contributed by atoms with van der Waals surface area (Å²) in [6.45, 7) is 16.8. The van der Waals surface area contributed by atoms with Crippen molar-refractivity contribution < 1.29 is 9.78 Å². The average Bonchev–Trinajstić information content (AvgIpc) is 2.56. The molecule has 0 N–H and O–H groups in total. The molecule has 0 heterocycles. The van der Waals surface area contributed by atoms with E-state index in [2.05, 4.69) is 27.7 Å². The van der Waals surface area contributed by atoms with Gasteiger partial charge in [0.2, 0.25) is 0 Å². The standard InChI is InChI=1S/C12H26.C10H22O2/c1-3-5-7-9-11-12-10-8-6-4-2;1-7-9(3,4)11-12-10(5,6)8-2/h3-12H2,1-2H3;7-8H2,1-6H3. The second-order valence-electron chi connectivity index (χ2n) is 8.22. The highest BCUT2D eigenvalue weighted by Gasteiger charge is 2.23. The van der Waals surface area contributed by atoms with Crippen molar-refractivity contribution in [3.63, 3.8) is 0 Å². The van der Waals surface area contributed by atoms with E-state index in [0.29, 0.717) is 0 Å². The van der Waals surface area contributed by atoms with E-state index < -0.39 is 0 Å². The quantitative estimate of drug-likeness (QED) is 0.179. The summed E-state index contributed by atoms with van der Waals surface area (Å²) in [5, 5.41) is 0. The molecule has 0 fully saturated rings. The van der Waals surface area contributed by atoms with Crippen LogP contribution in [0.4, 0.5) is 0 Å². The van der Waals surface area contributed by atoms with Gasteiger partial charge in [-0.25, -0.2) is 9.78 Å². The Morgan fingerprint density at radius 3 is 0.917 bits per heavy atom. The molecule has 0 radical (unpaired) electrons. The van der Waals surface area contributed by atoms with Crippen LogP contribution >= 0.6 is 0 Å². The largest absolute Gasteiger partial charge is 0.230 e. The zero-order valence-corrected chi connectivity index (χ0v) is 18.3. The Balaban J connectivity index is 0. The first kappa shape index (κ1) is 26.2. The van der Waals surface area contributed by atoms with E-state index in [9.17, 15) is 0 Å². The van der Waals surface area contributed by atoms with Gasteiger partial charge in [0.05, 0.1) is 11.2 Å². The molecule has 0 aromatic rings. The van der Waals surface area contributed by atoms with Crippen LogP contribution in [0.25, 0.3) is 0 Å². The predicted octanol–water partition coefficient (Wildman–Crippen LogP) is 8.24. The van der Waals surface area contributed by atoms with E-state index in [0.717, 1.165) is 12.8 Å². The predicted molar refractivity (Wildman–Crippen MR) is 108 cm³/mol. The van der Waals surface area contributed by atoms with Crippen LogP contribution in [0.1, 0.15) is 132 Å². The molecule has 0 saturated carbocycles. The minimum absolute atomic E-state index is 0.174. The molecule has 0 unspecified atom stereocenters. The molecule has 0 bridgehead atoms. The average molecular weight is 345 g/mol. The molecule has 0 rings (SSSR count). The Kier molecular flexibility index (Phi) is 17.9. The van der Waals surface area contributed by atoms with Crippen molar-refractivity contribution in [2.45, 2.75) is 144 Å². The topological polar surface area (TPSA) is 18.5 Å². The van der Waals surface area contributed by atoms with E-state index >= 15 is 0 Å². The van der Waals surface area contributed by atoms with Gasteiger partial charge in [-0.15, -0.1) is 0 Å². The van der Waals surface area contributed by atoms with Gasteiger partial charge in [0.1, 0.15) is 0 Å². The summed E-state index contributed by atoms with van der Waals surface area (Å²) in [6, 6.07) is 0. The lowest BCUT2D eigenvalue weighted by Gasteiger charge is -2.29. The van der Waals surface area contributed by atoms with E-state index in [1.54, 1.807) is 0 Å². The van der Waals surface area contributed by atoms with Crippen molar-refractivity contribution >= 4 is 0 Å². The summed E-state index contributed by atoms with van der Waals surface area (Å²) in [7, 11) is 0. The lowest BCUT2D eigenvalue weighted by Crippen LogP contribution is -2.31. The summed E-state index contributed by atoms with van der Waals surface area (Å²) in [6.07, 6.45) is 16.3. The SMILES string of the molecule is CCC(C)(C)OOC(C)(C)CC.CCCCCCCCCCCC. The van der Waals surface area contributed by atoms with Gasteiger partial charge in [-0.05, 0) is 40.5 Å². The summed E-state index contributed by atoms with van der Waals surface area (Å²) in [5.74, 6) is 0. The van der Waals surface area contributed by atoms with Crippen molar-refractivity contribution in [1.29, 1.82) is 0 Å². The molecule has 24 heavy (non-hydrogen) atoms. The lowest BCUT2D eigenvalue weighted by molar-refractivity contribution is -0.401. The van der Waals surface area contributed by atoms with Crippen LogP contribution in [0.3, 0.4) is 0 Å². The fourth-order valence-corrected chi connectivity index (χ4v) is 1.90. The van der Waals surface area contributed by atoms with Gasteiger partial charge in [-0.2, -0.15) is 0 Å². The minimum Gasteiger partial charge on any atom is -0.230 e. The molecule has 2 heteroatoms. The van der Waals surface area contributed by atoms with E-state index in [-0.39, 0.29) is 11.2 Å². The molecule has 0 aliphatic carbocycles. The maximum atomic E-state index is 5.33. The van der Waals surface area contributed by atoms with Crippen molar-refractivity contribution in [3.8, 4) is 0 Å². The van der Waals surface area contributed by atoms with E-state index in [1.165, 1.54) is 64.2 Å². The molecule has 0 aromatic carbocycles. The Bertz CT molecular complexity index is 220. The highest BCUT2D eigenvalue weighted by Crippen LogP contribution is 2.21. The van der Waals surface area contributed by atoms with Crippen LogP contribution in [0.5, 0.6) is 0 Å². The van der Waals surface area contributed by atoms with Crippen molar-refractivity contribution in [1.82, 2.24) is 0 Å². The zero-order valence-electron chi connectivity index (χ0n) is 18.3. The highest BCUT2D eigenvalue weighted by atomic mass is 17.2. The molecule has 0 amide bonds. The van der Waals surface area contributed by atoms with E-state index in [1.807, 2.05) is 27.7 Å². The van der Waals surface area contributed by atoms with E-state index in [4.69, 9.17) is 9.78 Å². The van der Waals surface area contributed by atoms with Crippen molar-refractivity contribution in [3.05, 3.63) is 0 Å². The van der Waals surface area contributed by atoms with Crippen molar-refractivity contribution in [2.75, 3.05) is 0 Å². The molecule has 2 nitrogen and oxygen atoms in total. The van der Waals surface area contributed by atoms with Crippen LogP contribution < -0.4 is 0 Å². The monoisotopic (exact) mass is 344 g/mol. The van der Waals surface area contributed by atoms with Crippen LogP contribution in [0, 0.1) is 0 Å². The zero-order chi connectivity index (χ0) is 18.9. The molecule has 0 saturated heterocycles. The number of rotatable bonds is 14. The first-order chi connectivity index (χ1) is 11.2. The molecular formula is C22H48O2. The molecule has 0 atom stereocenters. The second-order valence-corrected chi connectivity index (χ2v) is 8.22. The summed E-state index contributed by atoms with van der Waals surface area (Å²) in [4.78, 5) is 10.7. The van der Waals surface area contributed by atoms with Crippen LogP contribution in [0.15, 0.2) is 0 Å². The summed E-state index contributed by atoms with van der Waals surface area (Å²) >= 11 is 0. The Morgan fingerprint density at radius 1 is 0.458 bits per heavy atom. The Morgan fingerprint density at radius 2 is 0.708 bits per heavy atom. The van der Waals surface area contributed by atoms with Crippen LogP contribution in [-0.4, -0.2) is 11.2 Å². The van der Waals surface area contributed by atoms with Crippen LogP contribution in [-0.2, 0) is 9.78 Å². The van der Waals surface area contributed by atoms with Gasteiger partial charge in [0.25, 0.3) is 0 Å².